The fourth-order valence-corrected chi connectivity index (χ4v) is 3.89. The smallest absolute Gasteiger partial charge is 0.394 e. The van der Waals surface area contributed by atoms with Crippen LogP contribution >= 0.6 is 0 Å². The Labute approximate surface area is 174 Å². The van der Waals surface area contributed by atoms with Crippen molar-refractivity contribution >= 4 is 38.5 Å². The van der Waals surface area contributed by atoms with Crippen LogP contribution in [0, 0.1) is 0 Å². The van der Waals surface area contributed by atoms with Gasteiger partial charge in [-0.25, -0.2) is 4.79 Å². The molecule has 0 radical (unpaired) electrons. The van der Waals surface area contributed by atoms with Gasteiger partial charge in [-0.05, 0) is 40.3 Å². The number of hydrogen-bond donors (Lipinski definition) is 0. The number of benzene rings is 5. The van der Waals surface area contributed by atoms with Crippen LogP contribution < -0.4 is 9.47 Å². The minimum absolute atomic E-state index is 0.482. The molecule has 3 heteroatoms. The van der Waals surface area contributed by atoms with E-state index >= 15 is 0 Å². The Morgan fingerprint density at radius 3 is 2.20 bits per heavy atom. The highest BCUT2D eigenvalue weighted by atomic mass is 16.7. The summed E-state index contributed by atoms with van der Waals surface area (Å²) in [5, 5.41) is 5.70. The minimum Gasteiger partial charge on any atom is -0.394 e. The molecule has 0 spiro atoms. The van der Waals surface area contributed by atoms with Crippen molar-refractivity contribution in [3.63, 3.8) is 0 Å². The zero-order valence-electron chi connectivity index (χ0n) is 16.6. The number of aryl methyl sites for hydroxylation is 1. The molecule has 0 saturated heterocycles. The lowest BCUT2D eigenvalue weighted by Crippen LogP contribution is -2.14. The number of fused-ring (bicyclic) bond motifs is 3. The number of carbonyl (C=O) groups is 1. The van der Waals surface area contributed by atoms with Crippen LogP contribution in [0.2, 0.25) is 0 Å². The fourth-order valence-electron chi connectivity index (χ4n) is 3.89. The maximum atomic E-state index is 12.8. The maximum Gasteiger partial charge on any atom is 0.519 e. The molecule has 0 bridgehead atoms. The molecule has 0 saturated carbocycles. The average molecular weight is 392 g/mol. The van der Waals surface area contributed by atoms with Crippen LogP contribution in [0.5, 0.6) is 11.5 Å². The van der Waals surface area contributed by atoms with Gasteiger partial charge in [0.2, 0.25) is 0 Å². The lowest BCUT2D eigenvalue weighted by atomic mass is 9.99. The summed E-state index contributed by atoms with van der Waals surface area (Å²) in [6.07, 6.45) is 0.200. The summed E-state index contributed by atoms with van der Waals surface area (Å²) in [5.74, 6) is 1.01. The van der Waals surface area contributed by atoms with Crippen LogP contribution in [0.4, 0.5) is 4.79 Å². The van der Waals surface area contributed by atoms with Crippen LogP contribution in [-0.4, -0.2) is 6.16 Å². The number of carbonyl (C=O) groups excluding carboxylic acids is 1. The highest BCUT2D eigenvalue weighted by molar-refractivity contribution is 6.06. The first kappa shape index (κ1) is 18.2. The van der Waals surface area contributed by atoms with E-state index in [0.717, 1.165) is 38.7 Å². The molecule has 5 aromatic carbocycles. The van der Waals surface area contributed by atoms with E-state index in [-0.39, 0.29) is 0 Å². The van der Waals surface area contributed by atoms with Gasteiger partial charge in [0.15, 0.2) is 0 Å². The Kier molecular flexibility index (Phi) is 4.56. The Balaban J connectivity index is 1.57. The first-order valence-corrected chi connectivity index (χ1v) is 10.0. The van der Waals surface area contributed by atoms with Crippen LogP contribution in [0.1, 0.15) is 12.5 Å². The minimum atomic E-state index is -0.747. The summed E-state index contributed by atoms with van der Waals surface area (Å²) in [4.78, 5) is 12.8. The third-order valence-corrected chi connectivity index (χ3v) is 5.41. The number of ether oxygens (including phenoxy) is 2. The van der Waals surface area contributed by atoms with E-state index in [1.807, 2.05) is 66.7 Å². The topological polar surface area (TPSA) is 35.5 Å². The van der Waals surface area contributed by atoms with Gasteiger partial charge < -0.3 is 9.47 Å². The molecular weight excluding hydrogens is 372 g/mol. The Hall–Kier alpha value is -3.85. The highest BCUT2D eigenvalue weighted by Crippen LogP contribution is 2.36. The zero-order chi connectivity index (χ0) is 20.5. The largest absolute Gasteiger partial charge is 0.519 e. The molecule has 0 aliphatic carbocycles. The van der Waals surface area contributed by atoms with Crippen molar-refractivity contribution in [2.45, 2.75) is 13.3 Å². The van der Waals surface area contributed by atoms with Crippen LogP contribution in [0.25, 0.3) is 32.3 Å². The quantitative estimate of drug-likeness (QED) is 0.184. The average Bonchev–Trinajstić information content (AvgIpc) is 2.78. The highest BCUT2D eigenvalue weighted by Gasteiger charge is 2.16. The van der Waals surface area contributed by atoms with Gasteiger partial charge in [-0.1, -0.05) is 85.8 Å². The van der Waals surface area contributed by atoms with Crippen LogP contribution in [-0.2, 0) is 6.42 Å². The van der Waals surface area contributed by atoms with E-state index in [9.17, 15) is 4.79 Å². The molecule has 0 aliphatic heterocycles. The molecule has 0 aliphatic rings. The Bertz CT molecular complexity index is 1400. The van der Waals surface area contributed by atoms with Gasteiger partial charge in [-0.3, -0.25) is 0 Å². The van der Waals surface area contributed by atoms with Gasteiger partial charge in [-0.15, -0.1) is 0 Å². The second-order valence-corrected chi connectivity index (χ2v) is 7.27. The normalized spacial score (nSPS) is 11.1. The SMILES string of the molecule is CCc1ccc2c(OC(=O)Oc3cccc4ccccc34)c3ccccc3cc2c1. The molecule has 0 heterocycles. The van der Waals surface area contributed by atoms with Crippen molar-refractivity contribution in [3.8, 4) is 11.5 Å². The Morgan fingerprint density at radius 1 is 0.667 bits per heavy atom. The summed E-state index contributed by atoms with van der Waals surface area (Å²) < 4.78 is 11.4. The van der Waals surface area contributed by atoms with Gasteiger partial charge in [0.1, 0.15) is 11.5 Å². The maximum absolute atomic E-state index is 12.8. The molecule has 30 heavy (non-hydrogen) atoms. The summed E-state index contributed by atoms with van der Waals surface area (Å²) in [7, 11) is 0. The van der Waals surface area contributed by atoms with E-state index < -0.39 is 6.16 Å². The van der Waals surface area contributed by atoms with Crippen molar-refractivity contribution in [2.75, 3.05) is 0 Å². The summed E-state index contributed by atoms with van der Waals surface area (Å²) in [5.41, 5.74) is 1.24. The van der Waals surface area contributed by atoms with Crippen LogP contribution in [0.3, 0.4) is 0 Å². The molecule has 0 amide bonds. The van der Waals surface area contributed by atoms with E-state index in [1.54, 1.807) is 6.07 Å². The molecule has 146 valence electrons. The van der Waals surface area contributed by atoms with Gasteiger partial charge in [0, 0.05) is 16.2 Å². The van der Waals surface area contributed by atoms with E-state index in [0.29, 0.717) is 11.5 Å². The van der Waals surface area contributed by atoms with E-state index in [1.165, 1.54) is 5.56 Å². The molecule has 0 atom stereocenters. The summed E-state index contributed by atoms with van der Waals surface area (Å²) in [6.45, 7) is 2.13. The van der Waals surface area contributed by atoms with Crippen molar-refractivity contribution in [1.82, 2.24) is 0 Å². The monoisotopic (exact) mass is 392 g/mol. The lowest BCUT2D eigenvalue weighted by molar-refractivity contribution is 0.153. The second kappa shape index (κ2) is 7.53. The van der Waals surface area contributed by atoms with Crippen molar-refractivity contribution in [3.05, 3.63) is 96.6 Å². The lowest BCUT2D eigenvalue weighted by Gasteiger charge is -2.13. The molecule has 5 aromatic rings. The van der Waals surface area contributed by atoms with Gasteiger partial charge in [0.05, 0.1) is 0 Å². The molecule has 0 aromatic heterocycles. The van der Waals surface area contributed by atoms with Gasteiger partial charge in [0.25, 0.3) is 0 Å². The molecule has 0 unspecified atom stereocenters. The standard InChI is InChI=1S/C27H20O3/c1-2-18-14-15-24-21(16-18)17-20-9-4-6-12-23(20)26(24)30-27(28)29-25-13-7-10-19-8-3-5-11-22(19)25/h3-17H,2H2,1H3. The third kappa shape index (κ3) is 3.25. The van der Waals surface area contributed by atoms with Crippen LogP contribution in [0.15, 0.2) is 91.0 Å². The van der Waals surface area contributed by atoms with Crippen molar-refractivity contribution in [1.29, 1.82) is 0 Å². The zero-order valence-corrected chi connectivity index (χ0v) is 16.6. The molecule has 3 nitrogen and oxygen atoms in total. The molecule has 5 rings (SSSR count). The molecular formula is C27H20O3. The third-order valence-electron chi connectivity index (χ3n) is 5.41. The summed E-state index contributed by atoms with van der Waals surface area (Å²) >= 11 is 0. The Morgan fingerprint density at radius 2 is 1.37 bits per heavy atom. The summed E-state index contributed by atoms with van der Waals surface area (Å²) in [6, 6.07) is 29.7. The van der Waals surface area contributed by atoms with Crippen molar-refractivity contribution in [2.24, 2.45) is 0 Å². The van der Waals surface area contributed by atoms with E-state index in [4.69, 9.17) is 9.47 Å². The fraction of sp³-hybridized carbons (Fsp3) is 0.0741. The van der Waals surface area contributed by atoms with E-state index in [2.05, 4.69) is 25.1 Å². The van der Waals surface area contributed by atoms with Gasteiger partial charge in [-0.2, -0.15) is 0 Å². The van der Waals surface area contributed by atoms with Crippen molar-refractivity contribution < 1.29 is 14.3 Å². The molecule has 0 fully saturated rings. The second-order valence-electron chi connectivity index (χ2n) is 7.27. The molecule has 0 N–H and O–H groups in total. The number of hydrogen-bond acceptors (Lipinski definition) is 3. The first-order valence-electron chi connectivity index (χ1n) is 10.0. The first-order chi connectivity index (χ1) is 14.7. The predicted octanol–water partition coefficient (Wildman–Crippen LogP) is 7.29. The number of rotatable bonds is 3. The van der Waals surface area contributed by atoms with Gasteiger partial charge >= 0.3 is 6.16 Å². The predicted molar refractivity (Wildman–Crippen MR) is 121 cm³/mol.